The molecule has 0 saturated carbocycles. The minimum absolute atomic E-state index is 0. The SMILES string of the molecule is Cc1ccc(N)cc1C(=O)N1CCC(C)CC1.Cl. The molecule has 1 fully saturated rings. The molecule has 2 rings (SSSR count). The third-order valence-electron chi connectivity index (χ3n) is 3.56. The Kier molecular flexibility index (Phi) is 5.03. The number of rotatable bonds is 1. The summed E-state index contributed by atoms with van der Waals surface area (Å²) in [6.07, 6.45) is 2.21. The fourth-order valence-electron chi connectivity index (χ4n) is 2.25. The van der Waals surface area contributed by atoms with Crippen molar-refractivity contribution < 1.29 is 4.79 Å². The van der Waals surface area contributed by atoms with E-state index in [-0.39, 0.29) is 18.3 Å². The number of hydrogen-bond acceptors (Lipinski definition) is 2. The lowest BCUT2D eigenvalue weighted by atomic mass is 9.98. The molecule has 0 bridgehead atoms. The second-order valence-electron chi connectivity index (χ2n) is 5.05. The number of amides is 1. The van der Waals surface area contributed by atoms with Crippen molar-refractivity contribution in [3.63, 3.8) is 0 Å². The maximum atomic E-state index is 12.3. The van der Waals surface area contributed by atoms with Gasteiger partial charge >= 0.3 is 0 Å². The summed E-state index contributed by atoms with van der Waals surface area (Å²) >= 11 is 0. The first-order valence-electron chi connectivity index (χ1n) is 6.23. The van der Waals surface area contributed by atoms with Crippen LogP contribution in [0.2, 0.25) is 0 Å². The van der Waals surface area contributed by atoms with Gasteiger partial charge in [0.2, 0.25) is 0 Å². The lowest BCUT2D eigenvalue weighted by molar-refractivity contribution is 0.0696. The molecule has 0 aliphatic carbocycles. The first-order valence-corrected chi connectivity index (χ1v) is 6.23. The van der Waals surface area contributed by atoms with Crippen LogP contribution in [0.25, 0.3) is 0 Å². The number of nitrogens with zero attached hydrogens (tertiary/aromatic N) is 1. The molecule has 2 N–H and O–H groups in total. The van der Waals surface area contributed by atoms with Crippen LogP contribution in [0.4, 0.5) is 5.69 Å². The molecule has 1 aromatic rings. The second kappa shape index (κ2) is 6.10. The largest absolute Gasteiger partial charge is 0.399 e. The highest BCUT2D eigenvalue weighted by Crippen LogP contribution is 2.20. The quantitative estimate of drug-likeness (QED) is 0.796. The number of hydrogen-bond donors (Lipinski definition) is 1. The van der Waals surface area contributed by atoms with Crippen LogP contribution in [0.5, 0.6) is 0 Å². The van der Waals surface area contributed by atoms with Crippen molar-refractivity contribution in [2.75, 3.05) is 18.8 Å². The van der Waals surface area contributed by atoms with Gasteiger partial charge in [-0.15, -0.1) is 12.4 Å². The summed E-state index contributed by atoms with van der Waals surface area (Å²) in [7, 11) is 0. The number of nitrogens with two attached hydrogens (primary N) is 1. The number of piperidine rings is 1. The fourth-order valence-corrected chi connectivity index (χ4v) is 2.25. The molecule has 1 amide bonds. The Hall–Kier alpha value is -1.22. The molecule has 0 radical (unpaired) electrons. The van der Waals surface area contributed by atoms with Gasteiger partial charge in [0.1, 0.15) is 0 Å². The zero-order valence-corrected chi connectivity index (χ0v) is 11.8. The van der Waals surface area contributed by atoms with Crippen molar-refractivity contribution in [1.82, 2.24) is 4.90 Å². The molecule has 0 unspecified atom stereocenters. The Balaban J connectivity index is 0.00000162. The summed E-state index contributed by atoms with van der Waals surface area (Å²) in [6, 6.07) is 5.54. The first kappa shape index (κ1) is 14.8. The molecule has 18 heavy (non-hydrogen) atoms. The van der Waals surface area contributed by atoms with E-state index >= 15 is 0 Å². The number of halogens is 1. The van der Waals surface area contributed by atoms with E-state index in [4.69, 9.17) is 5.73 Å². The van der Waals surface area contributed by atoms with Crippen molar-refractivity contribution in [3.8, 4) is 0 Å². The molecular formula is C14H21ClN2O. The Morgan fingerprint density at radius 1 is 1.33 bits per heavy atom. The number of aryl methyl sites for hydroxylation is 1. The summed E-state index contributed by atoms with van der Waals surface area (Å²) in [4.78, 5) is 14.3. The molecule has 1 aromatic carbocycles. The lowest BCUT2D eigenvalue weighted by Crippen LogP contribution is -2.38. The van der Waals surface area contributed by atoms with Crippen LogP contribution in [0.3, 0.4) is 0 Å². The van der Waals surface area contributed by atoms with Gasteiger partial charge in [0, 0.05) is 24.3 Å². The van der Waals surface area contributed by atoms with Gasteiger partial charge in [0.15, 0.2) is 0 Å². The Bertz CT molecular complexity index is 426. The summed E-state index contributed by atoms with van der Waals surface area (Å²) in [5, 5.41) is 0. The molecule has 1 saturated heterocycles. The van der Waals surface area contributed by atoms with E-state index in [1.807, 2.05) is 24.0 Å². The van der Waals surface area contributed by atoms with Crippen LogP contribution >= 0.6 is 12.4 Å². The molecule has 0 atom stereocenters. The van der Waals surface area contributed by atoms with Gasteiger partial charge in [-0.3, -0.25) is 4.79 Å². The predicted octanol–water partition coefficient (Wildman–Crippen LogP) is 2.87. The van der Waals surface area contributed by atoms with E-state index in [2.05, 4.69) is 6.92 Å². The summed E-state index contributed by atoms with van der Waals surface area (Å²) in [6.45, 7) is 5.94. The highest BCUT2D eigenvalue weighted by molar-refractivity contribution is 5.96. The molecule has 1 aliphatic heterocycles. The monoisotopic (exact) mass is 268 g/mol. The predicted molar refractivity (Wildman–Crippen MR) is 77.1 cm³/mol. The van der Waals surface area contributed by atoms with E-state index < -0.39 is 0 Å². The second-order valence-corrected chi connectivity index (χ2v) is 5.05. The number of likely N-dealkylation sites (tertiary alicyclic amines) is 1. The van der Waals surface area contributed by atoms with Crippen LogP contribution in [0.1, 0.15) is 35.7 Å². The van der Waals surface area contributed by atoms with E-state index in [9.17, 15) is 4.79 Å². The Morgan fingerprint density at radius 3 is 2.56 bits per heavy atom. The van der Waals surface area contributed by atoms with Crippen molar-refractivity contribution in [3.05, 3.63) is 29.3 Å². The Labute approximate surface area is 115 Å². The minimum Gasteiger partial charge on any atom is -0.399 e. The fraction of sp³-hybridized carbons (Fsp3) is 0.500. The summed E-state index contributed by atoms with van der Waals surface area (Å²) in [5.41, 5.74) is 8.16. The van der Waals surface area contributed by atoms with Gasteiger partial charge < -0.3 is 10.6 Å². The van der Waals surface area contributed by atoms with Crippen LogP contribution < -0.4 is 5.73 Å². The van der Waals surface area contributed by atoms with Crippen LogP contribution in [-0.2, 0) is 0 Å². The normalized spacial score (nSPS) is 16.2. The smallest absolute Gasteiger partial charge is 0.254 e. The van der Waals surface area contributed by atoms with E-state index in [1.165, 1.54) is 0 Å². The van der Waals surface area contributed by atoms with E-state index in [1.54, 1.807) is 6.07 Å². The summed E-state index contributed by atoms with van der Waals surface area (Å²) in [5.74, 6) is 0.864. The maximum absolute atomic E-state index is 12.3. The topological polar surface area (TPSA) is 46.3 Å². The van der Waals surface area contributed by atoms with Crippen molar-refractivity contribution in [2.24, 2.45) is 5.92 Å². The molecule has 1 heterocycles. The molecule has 0 spiro atoms. The van der Waals surface area contributed by atoms with Gasteiger partial charge in [-0.25, -0.2) is 0 Å². The summed E-state index contributed by atoms with van der Waals surface area (Å²) < 4.78 is 0. The highest BCUT2D eigenvalue weighted by atomic mass is 35.5. The first-order chi connectivity index (χ1) is 8.08. The standard InChI is InChI=1S/C14H20N2O.ClH/c1-10-5-7-16(8-6-10)14(17)13-9-12(15)4-3-11(13)2;/h3-4,9-10H,5-8,15H2,1-2H3;1H. The van der Waals surface area contributed by atoms with Gasteiger partial charge in [-0.05, 0) is 43.4 Å². The molecular weight excluding hydrogens is 248 g/mol. The number of carbonyl (C=O) groups excluding carboxylic acids is 1. The van der Waals surface area contributed by atoms with Gasteiger partial charge in [-0.2, -0.15) is 0 Å². The van der Waals surface area contributed by atoms with Crippen molar-refractivity contribution in [2.45, 2.75) is 26.7 Å². The van der Waals surface area contributed by atoms with Crippen molar-refractivity contribution in [1.29, 1.82) is 0 Å². The zero-order chi connectivity index (χ0) is 12.4. The van der Waals surface area contributed by atoms with Gasteiger partial charge in [0.05, 0.1) is 0 Å². The molecule has 3 nitrogen and oxygen atoms in total. The average Bonchev–Trinajstić information content (AvgIpc) is 2.32. The Morgan fingerprint density at radius 2 is 1.94 bits per heavy atom. The lowest BCUT2D eigenvalue weighted by Gasteiger charge is -2.30. The van der Waals surface area contributed by atoms with Gasteiger partial charge in [-0.1, -0.05) is 13.0 Å². The van der Waals surface area contributed by atoms with Crippen LogP contribution in [0.15, 0.2) is 18.2 Å². The van der Waals surface area contributed by atoms with E-state index in [0.717, 1.165) is 43.0 Å². The number of anilines is 1. The maximum Gasteiger partial charge on any atom is 0.254 e. The molecule has 1 aliphatic rings. The zero-order valence-electron chi connectivity index (χ0n) is 11.0. The molecule has 0 aromatic heterocycles. The van der Waals surface area contributed by atoms with Gasteiger partial charge in [0.25, 0.3) is 5.91 Å². The number of nitrogen functional groups attached to an aromatic ring is 1. The third-order valence-corrected chi connectivity index (χ3v) is 3.56. The highest BCUT2D eigenvalue weighted by Gasteiger charge is 2.22. The van der Waals surface area contributed by atoms with Crippen molar-refractivity contribution >= 4 is 24.0 Å². The van der Waals surface area contributed by atoms with Crippen LogP contribution in [-0.4, -0.2) is 23.9 Å². The minimum atomic E-state index is 0. The molecule has 100 valence electrons. The number of carbonyl (C=O) groups is 1. The number of benzene rings is 1. The molecule has 4 heteroatoms. The average molecular weight is 269 g/mol. The van der Waals surface area contributed by atoms with Crippen LogP contribution in [0, 0.1) is 12.8 Å². The van der Waals surface area contributed by atoms with E-state index in [0.29, 0.717) is 5.69 Å². The third kappa shape index (κ3) is 3.16.